The molecule has 0 radical (unpaired) electrons. The first kappa shape index (κ1) is 17.2. The van der Waals surface area contributed by atoms with Crippen molar-refractivity contribution in [3.63, 3.8) is 0 Å². The van der Waals surface area contributed by atoms with E-state index in [-0.39, 0.29) is 5.82 Å². The van der Waals surface area contributed by atoms with Gasteiger partial charge in [0, 0.05) is 12.2 Å². The molecule has 6 heteroatoms. The SMILES string of the molecule is CC(Cc1nnc(SCc2ccc(F)c(Br)c2)o1)c1ccccc1. The van der Waals surface area contributed by atoms with Gasteiger partial charge in [0.1, 0.15) is 5.82 Å². The third kappa shape index (κ3) is 4.45. The van der Waals surface area contributed by atoms with E-state index < -0.39 is 0 Å². The molecule has 0 aliphatic rings. The lowest BCUT2D eigenvalue weighted by Gasteiger charge is -2.08. The van der Waals surface area contributed by atoms with Crippen LogP contribution in [0.1, 0.15) is 29.9 Å². The van der Waals surface area contributed by atoms with Gasteiger partial charge < -0.3 is 4.42 Å². The summed E-state index contributed by atoms with van der Waals surface area (Å²) in [6.07, 6.45) is 0.708. The minimum absolute atomic E-state index is 0.265. The Balaban J connectivity index is 1.58. The number of rotatable bonds is 6. The van der Waals surface area contributed by atoms with Gasteiger partial charge in [0.05, 0.1) is 4.47 Å². The van der Waals surface area contributed by atoms with Crippen LogP contribution in [0.2, 0.25) is 0 Å². The zero-order chi connectivity index (χ0) is 16.9. The maximum Gasteiger partial charge on any atom is 0.276 e. The molecule has 3 nitrogen and oxygen atoms in total. The zero-order valence-electron chi connectivity index (χ0n) is 13.1. The first-order valence-corrected chi connectivity index (χ1v) is 9.33. The van der Waals surface area contributed by atoms with E-state index in [1.807, 2.05) is 18.2 Å². The molecule has 1 atom stereocenters. The molecule has 3 aromatic rings. The molecule has 0 fully saturated rings. The quantitative estimate of drug-likeness (QED) is 0.498. The topological polar surface area (TPSA) is 38.9 Å². The van der Waals surface area contributed by atoms with Crippen LogP contribution < -0.4 is 0 Å². The third-order valence-electron chi connectivity index (χ3n) is 3.64. The standard InChI is InChI=1S/C18H16BrFN2OS/c1-12(14-5-3-2-4-6-14)9-17-21-22-18(23-17)24-11-13-7-8-16(20)15(19)10-13/h2-8,10,12H,9,11H2,1H3. The van der Waals surface area contributed by atoms with Gasteiger partial charge in [-0.1, -0.05) is 55.1 Å². The van der Waals surface area contributed by atoms with Gasteiger partial charge in [0.15, 0.2) is 0 Å². The Morgan fingerprint density at radius 1 is 1.17 bits per heavy atom. The van der Waals surface area contributed by atoms with Crippen molar-refractivity contribution >= 4 is 27.7 Å². The van der Waals surface area contributed by atoms with Gasteiger partial charge in [0.25, 0.3) is 5.22 Å². The lowest BCUT2D eigenvalue weighted by Crippen LogP contribution is -1.98. The van der Waals surface area contributed by atoms with Crippen LogP contribution in [0.3, 0.4) is 0 Å². The average molecular weight is 407 g/mol. The molecule has 1 unspecified atom stereocenters. The molecule has 1 heterocycles. The molecule has 24 heavy (non-hydrogen) atoms. The Bertz CT molecular complexity index is 810. The van der Waals surface area contributed by atoms with Crippen molar-refractivity contribution in [1.29, 1.82) is 0 Å². The second-order valence-corrected chi connectivity index (χ2v) is 7.30. The molecule has 0 aliphatic heterocycles. The molecule has 0 saturated carbocycles. The van der Waals surface area contributed by atoms with E-state index in [0.717, 1.165) is 5.56 Å². The highest BCUT2D eigenvalue weighted by Gasteiger charge is 2.13. The second-order valence-electron chi connectivity index (χ2n) is 5.51. The lowest BCUT2D eigenvalue weighted by atomic mass is 9.98. The minimum atomic E-state index is -0.265. The van der Waals surface area contributed by atoms with E-state index in [0.29, 0.717) is 33.7 Å². The Labute approximate surface area is 152 Å². The molecule has 3 rings (SSSR count). The van der Waals surface area contributed by atoms with Gasteiger partial charge in [0.2, 0.25) is 5.89 Å². The Morgan fingerprint density at radius 2 is 1.96 bits per heavy atom. The van der Waals surface area contributed by atoms with Gasteiger partial charge >= 0.3 is 0 Å². The summed E-state index contributed by atoms with van der Waals surface area (Å²) >= 11 is 4.64. The van der Waals surface area contributed by atoms with Crippen LogP contribution in [0, 0.1) is 5.82 Å². The predicted molar refractivity (Wildman–Crippen MR) is 96.5 cm³/mol. The molecule has 1 aromatic heterocycles. The minimum Gasteiger partial charge on any atom is -0.416 e. The smallest absolute Gasteiger partial charge is 0.276 e. The normalized spacial score (nSPS) is 12.3. The van der Waals surface area contributed by atoms with E-state index >= 15 is 0 Å². The molecule has 0 amide bonds. The van der Waals surface area contributed by atoms with Crippen LogP contribution in [0.25, 0.3) is 0 Å². The Morgan fingerprint density at radius 3 is 2.71 bits per heavy atom. The summed E-state index contributed by atoms with van der Waals surface area (Å²) in [6, 6.07) is 15.2. The van der Waals surface area contributed by atoms with Crippen LogP contribution in [0.5, 0.6) is 0 Å². The van der Waals surface area contributed by atoms with Gasteiger partial charge in [-0.3, -0.25) is 0 Å². The number of aromatic nitrogens is 2. The van der Waals surface area contributed by atoms with Crippen LogP contribution in [-0.4, -0.2) is 10.2 Å². The maximum absolute atomic E-state index is 13.2. The summed E-state index contributed by atoms with van der Waals surface area (Å²) in [4.78, 5) is 0. The molecule has 2 aromatic carbocycles. The van der Waals surface area contributed by atoms with Crippen molar-refractivity contribution in [1.82, 2.24) is 10.2 Å². The van der Waals surface area contributed by atoms with Crippen LogP contribution in [0.15, 0.2) is 62.6 Å². The molecule has 0 N–H and O–H groups in total. The fraction of sp³-hybridized carbons (Fsp3) is 0.222. The molecule has 0 bridgehead atoms. The number of nitrogens with zero attached hydrogens (tertiary/aromatic N) is 2. The average Bonchev–Trinajstić information content (AvgIpc) is 3.04. The van der Waals surface area contributed by atoms with Gasteiger partial charge in [-0.2, -0.15) is 0 Å². The number of halogens is 2. The highest BCUT2D eigenvalue weighted by atomic mass is 79.9. The maximum atomic E-state index is 13.2. The van der Waals surface area contributed by atoms with E-state index in [1.54, 1.807) is 12.1 Å². The summed E-state index contributed by atoms with van der Waals surface area (Å²) < 4.78 is 19.4. The Kier molecular flexibility index (Phi) is 5.68. The lowest BCUT2D eigenvalue weighted by molar-refractivity contribution is 0.404. The summed E-state index contributed by atoms with van der Waals surface area (Å²) in [5.41, 5.74) is 2.24. The van der Waals surface area contributed by atoms with Crippen molar-refractivity contribution in [2.24, 2.45) is 0 Å². The molecule has 0 saturated heterocycles. The predicted octanol–water partition coefficient (Wildman–Crippen LogP) is 5.61. The highest BCUT2D eigenvalue weighted by molar-refractivity contribution is 9.10. The van der Waals surface area contributed by atoms with Gasteiger partial charge in [-0.25, -0.2) is 4.39 Å². The molecular weight excluding hydrogens is 391 g/mol. The fourth-order valence-corrected chi connectivity index (χ4v) is 3.46. The molecule has 124 valence electrons. The number of thioether (sulfide) groups is 1. The summed E-state index contributed by atoms with van der Waals surface area (Å²) in [6.45, 7) is 2.14. The first-order valence-electron chi connectivity index (χ1n) is 7.56. The number of hydrogen-bond acceptors (Lipinski definition) is 4. The zero-order valence-corrected chi connectivity index (χ0v) is 15.5. The van der Waals surface area contributed by atoms with Gasteiger partial charge in [-0.15, -0.1) is 10.2 Å². The van der Waals surface area contributed by atoms with E-state index in [9.17, 15) is 4.39 Å². The number of benzene rings is 2. The van der Waals surface area contributed by atoms with Crippen molar-refractivity contribution in [3.8, 4) is 0 Å². The van der Waals surface area contributed by atoms with Crippen LogP contribution in [0.4, 0.5) is 4.39 Å². The van der Waals surface area contributed by atoms with E-state index in [2.05, 4.69) is 45.2 Å². The van der Waals surface area contributed by atoms with Crippen molar-refractivity contribution in [2.45, 2.75) is 30.2 Å². The number of hydrogen-bond donors (Lipinski definition) is 0. The van der Waals surface area contributed by atoms with E-state index in [4.69, 9.17) is 4.42 Å². The van der Waals surface area contributed by atoms with Crippen LogP contribution in [-0.2, 0) is 12.2 Å². The van der Waals surface area contributed by atoms with Crippen molar-refractivity contribution in [3.05, 3.63) is 75.8 Å². The molecular formula is C18H16BrFN2OS. The van der Waals surface area contributed by atoms with E-state index in [1.165, 1.54) is 23.4 Å². The third-order valence-corrected chi connectivity index (χ3v) is 5.14. The summed E-state index contributed by atoms with van der Waals surface area (Å²) in [5.74, 6) is 1.33. The van der Waals surface area contributed by atoms with Crippen LogP contribution >= 0.6 is 27.7 Å². The monoisotopic (exact) mass is 406 g/mol. The first-order chi connectivity index (χ1) is 11.6. The van der Waals surface area contributed by atoms with Gasteiger partial charge in [-0.05, 0) is 45.1 Å². The van der Waals surface area contributed by atoms with Crippen molar-refractivity contribution in [2.75, 3.05) is 0 Å². The highest BCUT2D eigenvalue weighted by Crippen LogP contribution is 2.26. The summed E-state index contributed by atoms with van der Waals surface area (Å²) in [7, 11) is 0. The second kappa shape index (κ2) is 7.94. The Hall–Kier alpha value is -1.66. The van der Waals surface area contributed by atoms with Crippen molar-refractivity contribution < 1.29 is 8.81 Å². The largest absolute Gasteiger partial charge is 0.416 e. The fourth-order valence-electron chi connectivity index (χ4n) is 2.31. The molecule has 0 spiro atoms. The summed E-state index contributed by atoms with van der Waals surface area (Å²) in [5, 5.41) is 8.73. The molecule has 0 aliphatic carbocycles.